The van der Waals surface area contributed by atoms with E-state index in [0.29, 0.717) is 18.8 Å². The summed E-state index contributed by atoms with van der Waals surface area (Å²) in [5, 5.41) is 0.0540. The predicted octanol–water partition coefficient (Wildman–Crippen LogP) is 3.97. The minimum absolute atomic E-state index is 0.00983. The van der Waals surface area contributed by atoms with Gasteiger partial charge in [-0.15, -0.1) is 6.58 Å². The van der Waals surface area contributed by atoms with Crippen molar-refractivity contribution in [1.29, 1.82) is 0 Å². The Kier molecular flexibility index (Phi) is 7.18. The summed E-state index contributed by atoms with van der Waals surface area (Å²) in [5.41, 5.74) is 0.741. The molecule has 0 aromatic heterocycles. The number of nitrogens with zero attached hydrogens (tertiary/aromatic N) is 2. The van der Waals surface area contributed by atoms with E-state index < -0.39 is 10.0 Å². The van der Waals surface area contributed by atoms with Crippen molar-refractivity contribution in [3.05, 3.63) is 71.8 Å². The predicted molar refractivity (Wildman–Crippen MR) is 119 cm³/mol. The van der Waals surface area contributed by atoms with Crippen molar-refractivity contribution in [2.24, 2.45) is 0 Å². The monoisotopic (exact) mass is 448 g/mol. The van der Waals surface area contributed by atoms with Gasteiger partial charge in [-0.05, 0) is 43.2 Å². The van der Waals surface area contributed by atoms with E-state index in [1.165, 1.54) is 28.6 Å². The van der Waals surface area contributed by atoms with E-state index >= 15 is 0 Å². The molecule has 1 saturated heterocycles. The highest BCUT2D eigenvalue weighted by atomic mass is 35.5. The van der Waals surface area contributed by atoms with Crippen LogP contribution in [-0.2, 0) is 14.8 Å². The maximum Gasteiger partial charge on any atom is 0.266 e. The van der Waals surface area contributed by atoms with Gasteiger partial charge in [0.05, 0.1) is 23.4 Å². The molecule has 0 spiro atoms. The van der Waals surface area contributed by atoms with E-state index in [9.17, 15) is 13.2 Å². The van der Waals surface area contributed by atoms with Gasteiger partial charge in [0.15, 0.2) is 0 Å². The number of hydrogen-bond donors (Lipinski definition) is 0. The number of amides is 1. The zero-order valence-corrected chi connectivity index (χ0v) is 18.4. The van der Waals surface area contributed by atoms with Crippen molar-refractivity contribution >= 4 is 33.2 Å². The van der Waals surface area contributed by atoms with Crippen LogP contribution >= 0.6 is 11.6 Å². The number of anilines is 1. The third-order valence-corrected chi connectivity index (χ3v) is 7.21. The third kappa shape index (κ3) is 4.86. The molecule has 8 heteroatoms. The molecule has 0 bridgehead atoms. The second-order valence-electron chi connectivity index (χ2n) is 7.13. The van der Waals surface area contributed by atoms with E-state index in [1.807, 2.05) is 0 Å². The highest BCUT2D eigenvalue weighted by Gasteiger charge is 2.28. The van der Waals surface area contributed by atoms with Crippen LogP contribution in [0.1, 0.15) is 23.2 Å². The summed E-state index contributed by atoms with van der Waals surface area (Å²) >= 11 is 6.26. The molecule has 0 saturated carbocycles. The zero-order chi connectivity index (χ0) is 21.7. The molecule has 1 heterocycles. The Labute approximate surface area is 182 Å². The van der Waals surface area contributed by atoms with Crippen LogP contribution in [0.25, 0.3) is 0 Å². The molecule has 1 aliphatic heterocycles. The number of sulfonamides is 1. The van der Waals surface area contributed by atoms with Crippen molar-refractivity contribution < 1.29 is 17.9 Å². The van der Waals surface area contributed by atoms with Crippen LogP contribution in [0.4, 0.5) is 5.69 Å². The van der Waals surface area contributed by atoms with Crippen LogP contribution in [-0.4, -0.2) is 52.1 Å². The molecule has 1 unspecified atom stereocenters. The van der Waals surface area contributed by atoms with Gasteiger partial charge in [0.25, 0.3) is 15.9 Å². The number of carbonyl (C=O) groups excluding carboxylic acids is 1. The SMILES string of the molecule is C=CCN(c1ccccc1)S(=O)(=O)c1cc(C(=O)N(C)CC2CCCO2)ccc1Cl. The minimum atomic E-state index is -4.02. The molecule has 0 aliphatic carbocycles. The number of hydrogen-bond acceptors (Lipinski definition) is 4. The molecule has 160 valence electrons. The first-order chi connectivity index (χ1) is 14.3. The van der Waals surface area contributed by atoms with Crippen molar-refractivity contribution in [3.8, 4) is 0 Å². The Morgan fingerprint density at radius 1 is 1.27 bits per heavy atom. The Morgan fingerprint density at radius 2 is 2.00 bits per heavy atom. The summed E-state index contributed by atoms with van der Waals surface area (Å²) in [4.78, 5) is 14.3. The van der Waals surface area contributed by atoms with E-state index in [0.717, 1.165) is 12.8 Å². The Bertz CT molecular complexity index is 1010. The number of rotatable bonds is 8. The molecular formula is C22H25ClN2O4S. The van der Waals surface area contributed by atoms with Gasteiger partial charge in [0.1, 0.15) is 4.90 Å². The van der Waals surface area contributed by atoms with Crippen LogP contribution in [0.3, 0.4) is 0 Å². The number of para-hydroxylation sites is 1. The third-order valence-electron chi connectivity index (χ3n) is 4.93. The highest BCUT2D eigenvalue weighted by Crippen LogP contribution is 2.29. The van der Waals surface area contributed by atoms with Crippen LogP contribution < -0.4 is 4.31 Å². The topological polar surface area (TPSA) is 66.9 Å². The van der Waals surface area contributed by atoms with Crippen molar-refractivity contribution in [2.75, 3.05) is 31.0 Å². The van der Waals surface area contributed by atoms with Gasteiger partial charge < -0.3 is 9.64 Å². The molecule has 1 atom stereocenters. The number of likely N-dealkylation sites (N-methyl/N-ethyl adjacent to an activating group) is 1. The summed E-state index contributed by atoms with van der Waals surface area (Å²) in [5.74, 6) is -0.284. The maximum absolute atomic E-state index is 13.4. The summed E-state index contributed by atoms with van der Waals surface area (Å²) in [6.45, 7) is 4.89. The van der Waals surface area contributed by atoms with Gasteiger partial charge in [0.2, 0.25) is 0 Å². The Balaban J connectivity index is 1.92. The molecule has 1 fully saturated rings. The average Bonchev–Trinajstić information content (AvgIpc) is 3.25. The van der Waals surface area contributed by atoms with Crippen LogP contribution in [0, 0.1) is 0 Å². The first-order valence-electron chi connectivity index (χ1n) is 9.70. The lowest BCUT2D eigenvalue weighted by Crippen LogP contribution is -2.34. The van der Waals surface area contributed by atoms with Gasteiger partial charge in [-0.25, -0.2) is 8.42 Å². The first-order valence-corrected chi connectivity index (χ1v) is 11.5. The van der Waals surface area contributed by atoms with Gasteiger partial charge in [0, 0.05) is 25.8 Å². The van der Waals surface area contributed by atoms with Crippen LogP contribution in [0.5, 0.6) is 0 Å². The smallest absolute Gasteiger partial charge is 0.266 e. The molecule has 1 amide bonds. The fraction of sp³-hybridized carbons (Fsp3) is 0.318. The largest absolute Gasteiger partial charge is 0.376 e. The summed E-state index contributed by atoms with van der Waals surface area (Å²) in [6.07, 6.45) is 3.40. The standard InChI is InChI=1S/C22H25ClN2O4S/c1-3-13-25(18-8-5-4-6-9-18)30(27,28)21-15-17(11-12-20(21)23)22(26)24(2)16-19-10-7-14-29-19/h3-6,8-9,11-12,15,19H,1,7,10,13-14,16H2,2H3. The number of ether oxygens (including phenoxy) is 1. The fourth-order valence-electron chi connectivity index (χ4n) is 3.40. The molecule has 2 aromatic rings. The normalized spacial score (nSPS) is 16.3. The lowest BCUT2D eigenvalue weighted by Gasteiger charge is -2.24. The lowest BCUT2D eigenvalue weighted by atomic mass is 10.2. The Morgan fingerprint density at radius 3 is 2.63 bits per heavy atom. The fourth-order valence-corrected chi connectivity index (χ4v) is 5.34. The van der Waals surface area contributed by atoms with Gasteiger partial charge in [-0.2, -0.15) is 0 Å². The lowest BCUT2D eigenvalue weighted by molar-refractivity contribution is 0.0587. The van der Waals surface area contributed by atoms with Crippen molar-refractivity contribution in [2.45, 2.75) is 23.8 Å². The van der Waals surface area contributed by atoms with Crippen molar-refractivity contribution in [3.63, 3.8) is 0 Å². The summed E-state index contributed by atoms with van der Waals surface area (Å²) in [6, 6.07) is 13.0. The number of benzene rings is 2. The Hall–Kier alpha value is -2.35. The molecule has 0 N–H and O–H groups in total. The number of carbonyl (C=O) groups is 1. The van der Waals surface area contributed by atoms with Gasteiger partial charge in [-0.3, -0.25) is 9.10 Å². The summed E-state index contributed by atoms with van der Waals surface area (Å²) in [7, 11) is -2.34. The van der Waals surface area contributed by atoms with Crippen LogP contribution in [0.15, 0.2) is 66.1 Å². The van der Waals surface area contributed by atoms with E-state index in [2.05, 4.69) is 6.58 Å². The molecule has 30 heavy (non-hydrogen) atoms. The first kappa shape index (κ1) is 22.3. The average molecular weight is 449 g/mol. The van der Waals surface area contributed by atoms with Crippen LogP contribution in [0.2, 0.25) is 5.02 Å². The van der Waals surface area contributed by atoms with E-state index in [1.54, 1.807) is 42.3 Å². The molecular weight excluding hydrogens is 424 g/mol. The molecule has 0 radical (unpaired) electrons. The molecule has 1 aliphatic rings. The van der Waals surface area contributed by atoms with Gasteiger partial charge in [-0.1, -0.05) is 35.9 Å². The highest BCUT2D eigenvalue weighted by molar-refractivity contribution is 7.93. The molecule has 3 rings (SSSR count). The van der Waals surface area contributed by atoms with E-state index in [4.69, 9.17) is 16.3 Å². The second-order valence-corrected chi connectivity index (χ2v) is 9.36. The van der Waals surface area contributed by atoms with Crippen molar-refractivity contribution in [1.82, 2.24) is 4.90 Å². The zero-order valence-electron chi connectivity index (χ0n) is 16.8. The minimum Gasteiger partial charge on any atom is -0.376 e. The molecule has 2 aromatic carbocycles. The quantitative estimate of drug-likeness (QED) is 0.573. The summed E-state index contributed by atoms with van der Waals surface area (Å²) < 4.78 is 33.6. The second kappa shape index (κ2) is 9.64. The van der Waals surface area contributed by atoms with E-state index in [-0.39, 0.29) is 34.0 Å². The number of halogens is 1. The molecule has 6 nitrogen and oxygen atoms in total. The maximum atomic E-state index is 13.4. The van der Waals surface area contributed by atoms with Gasteiger partial charge >= 0.3 is 0 Å².